The third-order valence-corrected chi connectivity index (χ3v) is 3.23. The largest absolute Gasteiger partial charge is 0.464 e. The average molecular weight is 334 g/mol. The first-order valence-electron chi connectivity index (χ1n) is 6.12. The van der Waals surface area contributed by atoms with E-state index in [2.05, 4.69) is 10.7 Å². The quantitative estimate of drug-likeness (QED) is 0.636. The van der Waals surface area contributed by atoms with Crippen LogP contribution in [0.1, 0.15) is 26.3 Å². The molecule has 0 aliphatic heterocycles. The summed E-state index contributed by atoms with van der Waals surface area (Å²) in [7, 11) is 0. The lowest BCUT2D eigenvalue weighted by Crippen LogP contribution is -2.34. The van der Waals surface area contributed by atoms with Gasteiger partial charge < -0.3 is 10.4 Å². The summed E-state index contributed by atoms with van der Waals surface area (Å²) in [4.78, 5) is 22.3. The minimum atomic E-state index is -1.25. The molecule has 2 amide bonds. The molecule has 0 spiro atoms. The molecule has 0 radical (unpaired) electrons. The van der Waals surface area contributed by atoms with Crippen LogP contribution in [0.4, 0.5) is 10.5 Å². The third-order valence-electron chi connectivity index (χ3n) is 2.56. The van der Waals surface area contributed by atoms with E-state index < -0.39 is 11.5 Å². The smallest absolute Gasteiger partial charge is 0.423 e. The number of hydrogen-bond acceptors (Lipinski definition) is 3. The Kier molecular flexibility index (Phi) is 5.69. The average Bonchev–Trinajstić information content (AvgIpc) is 2.34. The SMILES string of the molecule is CC(C)(C)C(=O)NCc1cc(NNC(=O)O)c(Cl)cc1Cl. The molecule has 1 aromatic carbocycles. The second kappa shape index (κ2) is 6.87. The predicted octanol–water partition coefficient (Wildman–Crippen LogP) is 3.25. The maximum Gasteiger partial charge on any atom is 0.423 e. The van der Waals surface area contributed by atoms with Crippen LogP contribution in [0.5, 0.6) is 0 Å². The number of hydrogen-bond donors (Lipinski definition) is 4. The van der Waals surface area contributed by atoms with Crippen LogP contribution in [0.15, 0.2) is 12.1 Å². The molecular weight excluding hydrogens is 317 g/mol. The Morgan fingerprint density at radius 2 is 1.81 bits per heavy atom. The second-order valence-corrected chi connectivity index (χ2v) is 6.23. The van der Waals surface area contributed by atoms with Gasteiger partial charge in [-0.05, 0) is 17.7 Å². The van der Waals surface area contributed by atoms with Crippen molar-refractivity contribution in [1.29, 1.82) is 0 Å². The van der Waals surface area contributed by atoms with E-state index in [0.29, 0.717) is 16.3 Å². The van der Waals surface area contributed by atoms with Crippen LogP contribution in [0.3, 0.4) is 0 Å². The van der Waals surface area contributed by atoms with E-state index in [0.717, 1.165) is 0 Å². The lowest BCUT2D eigenvalue weighted by Gasteiger charge is -2.18. The Morgan fingerprint density at radius 1 is 1.19 bits per heavy atom. The van der Waals surface area contributed by atoms with Gasteiger partial charge in [-0.2, -0.15) is 0 Å². The minimum absolute atomic E-state index is 0.119. The molecule has 0 fully saturated rings. The van der Waals surface area contributed by atoms with Gasteiger partial charge in [-0.1, -0.05) is 44.0 Å². The van der Waals surface area contributed by atoms with Crippen molar-refractivity contribution in [2.75, 3.05) is 5.43 Å². The number of amides is 2. The van der Waals surface area contributed by atoms with E-state index in [1.165, 1.54) is 6.07 Å². The molecule has 4 N–H and O–H groups in total. The molecule has 0 unspecified atom stereocenters. The van der Waals surface area contributed by atoms with Gasteiger partial charge in [0.2, 0.25) is 5.91 Å². The number of carbonyl (C=O) groups excluding carboxylic acids is 1. The number of hydrazine groups is 1. The van der Waals surface area contributed by atoms with Crippen molar-refractivity contribution in [3.05, 3.63) is 27.7 Å². The summed E-state index contributed by atoms with van der Waals surface area (Å²) in [6, 6.07) is 3.05. The molecule has 1 rings (SSSR count). The molecule has 0 aliphatic carbocycles. The highest BCUT2D eigenvalue weighted by molar-refractivity contribution is 6.36. The number of carbonyl (C=O) groups is 2. The number of nitrogens with one attached hydrogen (secondary N) is 3. The Bertz CT molecular complexity index is 556. The molecule has 0 bridgehead atoms. The van der Waals surface area contributed by atoms with Gasteiger partial charge in [0.25, 0.3) is 0 Å². The highest BCUT2D eigenvalue weighted by atomic mass is 35.5. The standard InChI is InChI=1S/C13H17Cl2N3O3/c1-13(2,3)11(19)16-6-7-4-10(17-18-12(20)21)9(15)5-8(7)14/h4-5,17-18H,6H2,1-3H3,(H,16,19)(H,20,21). The molecule has 6 nitrogen and oxygen atoms in total. The number of rotatable bonds is 4. The Labute approximate surface area is 132 Å². The lowest BCUT2D eigenvalue weighted by atomic mass is 9.95. The van der Waals surface area contributed by atoms with E-state index in [1.807, 2.05) is 5.43 Å². The van der Waals surface area contributed by atoms with Crippen LogP contribution < -0.4 is 16.2 Å². The zero-order valence-corrected chi connectivity index (χ0v) is 13.4. The van der Waals surface area contributed by atoms with Gasteiger partial charge >= 0.3 is 6.09 Å². The van der Waals surface area contributed by atoms with E-state index in [1.54, 1.807) is 26.8 Å². The van der Waals surface area contributed by atoms with Crippen LogP contribution in [0.25, 0.3) is 0 Å². The first kappa shape index (κ1) is 17.4. The van der Waals surface area contributed by atoms with Crippen LogP contribution in [-0.2, 0) is 11.3 Å². The molecule has 8 heteroatoms. The summed E-state index contributed by atoms with van der Waals surface area (Å²) in [6.07, 6.45) is -1.25. The molecule has 0 saturated carbocycles. The van der Waals surface area contributed by atoms with Gasteiger partial charge in [-0.15, -0.1) is 0 Å². The van der Waals surface area contributed by atoms with Gasteiger partial charge in [-0.3, -0.25) is 10.2 Å². The molecule has 0 heterocycles. The van der Waals surface area contributed by atoms with Crippen molar-refractivity contribution >= 4 is 40.9 Å². The van der Waals surface area contributed by atoms with Crippen molar-refractivity contribution in [2.24, 2.45) is 5.41 Å². The van der Waals surface area contributed by atoms with Gasteiger partial charge in [0.05, 0.1) is 10.7 Å². The van der Waals surface area contributed by atoms with Crippen molar-refractivity contribution in [3.63, 3.8) is 0 Å². The fourth-order valence-electron chi connectivity index (χ4n) is 1.39. The zero-order valence-electron chi connectivity index (χ0n) is 11.9. The van der Waals surface area contributed by atoms with Gasteiger partial charge in [-0.25, -0.2) is 10.2 Å². The summed E-state index contributed by atoms with van der Waals surface area (Å²) in [5.74, 6) is -0.119. The topological polar surface area (TPSA) is 90.5 Å². The fourth-order valence-corrected chi connectivity index (χ4v) is 1.88. The summed E-state index contributed by atoms with van der Waals surface area (Å²) in [5.41, 5.74) is 4.90. The maximum atomic E-state index is 11.8. The normalized spacial score (nSPS) is 10.9. The summed E-state index contributed by atoms with van der Waals surface area (Å²) in [6.45, 7) is 5.62. The van der Waals surface area contributed by atoms with E-state index >= 15 is 0 Å². The van der Waals surface area contributed by atoms with Crippen molar-refractivity contribution in [3.8, 4) is 0 Å². The zero-order chi connectivity index (χ0) is 16.2. The predicted molar refractivity (Wildman–Crippen MR) is 82.5 cm³/mol. The Hall–Kier alpha value is -1.66. The van der Waals surface area contributed by atoms with Gasteiger partial charge in [0.1, 0.15) is 0 Å². The van der Waals surface area contributed by atoms with Crippen molar-refractivity contribution < 1.29 is 14.7 Å². The molecular formula is C13H17Cl2N3O3. The highest BCUT2D eigenvalue weighted by Crippen LogP contribution is 2.29. The van der Waals surface area contributed by atoms with E-state index in [-0.39, 0.29) is 17.5 Å². The monoisotopic (exact) mass is 333 g/mol. The Balaban J connectivity index is 2.85. The first-order valence-corrected chi connectivity index (χ1v) is 6.88. The van der Waals surface area contributed by atoms with Gasteiger partial charge in [0.15, 0.2) is 0 Å². The van der Waals surface area contributed by atoms with Crippen LogP contribution >= 0.6 is 23.2 Å². The van der Waals surface area contributed by atoms with E-state index in [9.17, 15) is 9.59 Å². The summed E-state index contributed by atoms with van der Waals surface area (Å²) < 4.78 is 0. The van der Waals surface area contributed by atoms with Gasteiger partial charge in [0, 0.05) is 17.0 Å². The maximum absolute atomic E-state index is 11.8. The highest BCUT2D eigenvalue weighted by Gasteiger charge is 2.21. The van der Waals surface area contributed by atoms with Crippen molar-refractivity contribution in [2.45, 2.75) is 27.3 Å². The van der Waals surface area contributed by atoms with Crippen molar-refractivity contribution in [1.82, 2.24) is 10.7 Å². The molecule has 1 aromatic rings. The first-order chi connectivity index (χ1) is 9.61. The minimum Gasteiger partial charge on any atom is -0.464 e. The van der Waals surface area contributed by atoms with Crippen LogP contribution in [0, 0.1) is 5.41 Å². The number of halogens is 2. The number of benzene rings is 1. The molecule has 0 aromatic heterocycles. The lowest BCUT2D eigenvalue weighted by molar-refractivity contribution is -0.128. The number of carboxylic acid groups (broad SMARTS) is 1. The Morgan fingerprint density at radius 3 is 2.33 bits per heavy atom. The van der Waals surface area contributed by atoms with Crippen LogP contribution in [0.2, 0.25) is 10.0 Å². The number of anilines is 1. The second-order valence-electron chi connectivity index (χ2n) is 5.41. The molecule has 21 heavy (non-hydrogen) atoms. The van der Waals surface area contributed by atoms with E-state index in [4.69, 9.17) is 28.3 Å². The molecule has 0 saturated heterocycles. The van der Waals surface area contributed by atoms with Crippen LogP contribution in [-0.4, -0.2) is 17.1 Å². The third kappa shape index (κ3) is 5.32. The molecule has 0 atom stereocenters. The summed E-state index contributed by atoms with van der Waals surface area (Å²) in [5, 5.41) is 12.0. The fraction of sp³-hybridized carbons (Fsp3) is 0.385. The summed E-state index contributed by atoms with van der Waals surface area (Å²) >= 11 is 12.0. The molecule has 0 aliphatic rings. The molecule has 116 valence electrons.